The molecule has 1 unspecified atom stereocenters. The Labute approximate surface area is 97.3 Å². The first-order valence-electron chi connectivity index (χ1n) is 6.45. The Morgan fingerprint density at radius 2 is 2.25 bits per heavy atom. The van der Waals surface area contributed by atoms with Crippen LogP contribution >= 0.6 is 0 Å². The molecule has 0 aromatic heterocycles. The normalized spacial score (nSPS) is 26.8. The lowest BCUT2D eigenvalue weighted by Gasteiger charge is -2.20. The molecule has 0 saturated carbocycles. The van der Waals surface area contributed by atoms with Crippen LogP contribution in [0.4, 0.5) is 0 Å². The molecule has 0 aliphatic carbocycles. The van der Waals surface area contributed by atoms with Crippen LogP contribution in [0, 0.1) is 0 Å². The number of ether oxygens (including phenoxy) is 1. The lowest BCUT2D eigenvalue weighted by Crippen LogP contribution is -2.34. The SMILES string of the molecule is O=C(CCC1CCCN1)N1CCCOCC1. The average molecular weight is 226 g/mol. The first-order valence-corrected chi connectivity index (χ1v) is 6.45. The predicted molar refractivity (Wildman–Crippen MR) is 62.3 cm³/mol. The number of hydrogen-bond donors (Lipinski definition) is 1. The van der Waals surface area contributed by atoms with Crippen LogP contribution in [0.2, 0.25) is 0 Å². The van der Waals surface area contributed by atoms with Gasteiger partial charge in [-0.3, -0.25) is 4.79 Å². The molecule has 2 rings (SSSR count). The van der Waals surface area contributed by atoms with Crippen LogP contribution in [0.1, 0.15) is 32.1 Å². The lowest BCUT2D eigenvalue weighted by atomic mass is 10.1. The average Bonchev–Trinajstić information content (AvgIpc) is 2.66. The number of rotatable bonds is 3. The maximum absolute atomic E-state index is 12.0. The molecule has 4 heteroatoms. The topological polar surface area (TPSA) is 41.6 Å². The zero-order chi connectivity index (χ0) is 11.2. The van der Waals surface area contributed by atoms with Gasteiger partial charge in [-0.15, -0.1) is 0 Å². The van der Waals surface area contributed by atoms with Crippen LogP contribution in [0.25, 0.3) is 0 Å². The highest BCUT2D eigenvalue weighted by Gasteiger charge is 2.19. The minimum atomic E-state index is 0.305. The van der Waals surface area contributed by atoms with Crippen molar-refractivity contribution in [1.82, 2.24) is 10.2 Å². The summed E-state index contributed by atoms with van der Waals surface area (Å²) >= 11 is 0. The summed E-state index contributed by atoms with van der Waals surface area (Å²) in [4.78, 5) is 13.9. The van der Waals surface area contributed by atoms with Gasteiger partial charge in [0.05, 0.1) is 6.61 Å². The Morgan fingerprint density at radius 3 is 3.06 bits per heavy atom. The van der Waals surface area contributed by atoms with E-state index in [1.54, 1.807) is 0 Å². The predicted octanol–water partition coefficient (Wildman–Crippen LogP) is 0.767. The van der Waals surface area contributed by atoms with E-state index in [9.17, 15) is 4.79 Å². The molecular formula is C12H22N2O2. The van der Waals surface area contributed by atoms with Gasteiger partial charge in [-0.05, 0) is 32.2 Å². The fourth-order valence-electron chi connectivity index (χ4n) is 2.45. The Balaban J connectivity index is 1.69. The third-order valence-corrected chi connectivity index (χ3v) is 3.44. The van der Waals surface area contributed by atoms with Crippen LogP contribution < -0.4 is 5.32 Å². The molecule has 4 nitrogen and oxygen atoms in total. The van der Waals surface area contributed by atoms with Crippen molar-refractivity contribution in [2.75, 3.05) is 32.8 Å². The van der Waals surface area contributed by atoms with Crippen molar-refractivity contribution in [3.8, 4) is 0 Å². The van der Waals surface area contributed by atoms with E-state index in [-0.39, 0.29) is 0 Å². The van der Waals surface area contributed by atoms with E-state index in [2.05, 4.69) is 5.32 Å². The fourth-order valence-corrected chi connectivity index (χ4v) is 2.45. The fraction of sp³-hybridized carbons (Fsp3) is 0.917. The zero-order valence-electron chi connectivity index (χ0n) is 9.91. The number of carbonyl (C=O) groups is 1. The first kappa shape index (κ1) is 11.9. The second kappa shape index (κ2) is 6.21. The summed E-state index contributed by atoms with van der Waals surface area (Å²) in [6.45, 7) is 4.27. The molecule has 2 heterocycles. The third-order valence-electron chi connectivity index (χ3n) is 3.44. The highest BCUT2D eigenvalue weighted by molar-refractivity contribution is 5.76. The molecule has 92 valence electrons. The molecule has 0 bridgehead atoms. The molecule has 2 saturated heterocycles. The van der Waals surface area contributed by atoms with Crippen molar-refractivity contribution in [2.45, 2.75) is 38.1 Å². The maximum Gasteiger partial charge on any atom is 0.222 e. The molecular weight excluding hydrogens is 204 g/mol. The molecule has 16 heavy (non-hydrogen) atoms. The first-order chi connectivity index (χ1) is 7.86. The molecule has 2 fully saturated rings. The molecule has 0 radical (unpaired) electrons. The van der Waals surface area contributed by atoms with Gasteiger partial charge in [-0.2, -0.15) is 0 Å². The smallest absolute Gasteiger partial charge is 0.222 e. The molecule has 1 N–H and O–H groups in total. The van der Waals surface area contributed by atoms with E-state index in [1.807, 2.05) is 4.90 Å². The minimum Gasteiger partial charge on any atom is -0.380 e. The highest BCUT2D eigenvalue weighted by atomic mass is 16.5. The standard InChI is InChI=1S/C12H22N2O2/c15-12(5-4-11-3-1-6-13-11)14-7-2-9-16-10-8-14/h11,13H,1-10H2. The van der Waals surface area contributed by atoms with Crippen molar-refractivity contribution < 1.29 is 9.53 Å². The van der Waals surface area contributed by atoms with Gasteiger partial charge in [0.15, 0.2) is 0 Å². The molecule has 2 aliphatic heterocycles. The number of amides is 1. The van der Waals surface area contributed by atoms with Crippen molar-refractivity contribution in [1.29, 1.82) is 0 Å². The maximum atomic E-state index is 12.0. The lowest BCUT2D eigenvalue weighted by molar-refractivity contribution is -0.131. The Morgan fingerprint density at radius 1 is 1.31 bits per heavy atom. The summed E-state index contributed by atoms with van der Waals surface area (Å²) in [5, 5.41) is 3.43. The molecule has 0 spiro atoms. The Kier molecular flexibility index (Phi) is 4.60. The van der Waals surface area contributed by atoms with E-state index in [1.165, 1.54) is 12.8 Å². The summed E-state index contributed by atoms with van der Waals surface area (Å²) in [6.07, 6.45) is 5.16. The second-order valence-electron chi connectivity index (χ2n) is 4.68. The van der Waals surface area contributed by atoms with Crippen molar-refractivity contribution in [2.24, 2.45) is 0 Å². The molecule has 1 atom stereocenters. The number of carbonyl (C=O) groups excluding carboxylic acids is 1. The van der Waals surface area contributed by atoms with Crippen molar-refractivity contribution >= 4 is 5.91 Å². The molecule has 0 aromatic rings. The van der Waals surface area contributed by atoms with Crippen LogP contribution in [0.15, 0.2) is 0 Å². The summed E-state index contributed by atoms with van der Waals surface area (Å²) in [5.41, 5.74) is 0. The third kappa shape index (κ3) is 3.46. The minimum absolute atomic E-state index is 0.305. The van der Waals surface area contributed by atoms with E-state index >= 15 is 0 Å². The van der Waals surface area contributed by atoms with Gasteiger partial charge >= 0.3 is 0 Å². The molecule has 2 aliphatic rings. The van der Waals surface area contributed by atoms with Crippen molar-refractivity contribution in [3.63, 3.8) is 0 Å². The van der Waals surface area contributed by atoms with Gasteiger partial charge in [0.2, 0.25) is 5.91 Å². The zero-order valence-corrected chi connectivity index (χ0v) is 9.91. The van der Waals surface area contributed by atoms with E-state index < -0.39 is 0 Å². The quantitative estimate of drug-likeness (QED) is 0.773. The van der Waals surface area contributed by atoms with Gasteiger partial charge in [0.1, 0.15) is 0 Å². The summed E-state index contributed by atoms with van der Waals surface area (Å²) in [7, 11) is 0. The van der Waals surface area contributed by atoms with Gasteiger partial charge in [-0.25, -0.2) is 0 Å². The number of nitrogens with one attached hydrogen (secondary N) is 1. The van der Waals surface area contributed by atoms with Crippen LogP contribution in [-0.2, 0) is 9.53 Å². The summed E-state index contributed by atoms with van der Waals surface area (Å²) < 4.78 is 5.35. The molecule has 0 aromatic carbocycles. The summed E-state index contributed by atoms with van der Waals surface area (Å²) in [5.74, 6) is 0.305. The van der Waals surface area contributed by atoms with Gasteiger partial charge in [0, 0.05) is 32.2 Å². The Hall–Kier alpha value is -0.610. The van der Waals surface area contributed by atoms with Crippen LogP contribution in [0.3, 0.4) is 0 Å². The highest BCUT2D eigenvalue weighted by Crippen LogP contribution is 2.12. The van der Waals surface area contributed by atoms with Gasteiger partial charge in [0.25, 0.3) is 0 Å². The van der Waals surface area contributed by atoms with E-state index in [4.69, 9.17) is 4.74 Å². The monoisotopic (exact) mass is 226 g/mol. The Bertz CT molecular complexity index is 219. The van der Waals surface area contributed by atoms with Gasteiger partial charge in [-0.1, -0.05) is 0 Å². The van der Waals surface area contributed by atoms with Gasteiger partial charge < -0.3 is 15.0 Å². The largest absolute Gasteiger partial charge is 0.380 e. The van der Waals surface area contributed by atoms with E-state index in [0.29, 0.717) is 25.0 Å². The van der Waals surface area contributed by atoms with Crippen molar-refractivity contribution in [3.05, 3.63) is 0 Å². The van der Waals surface area contributed by atoms with Crippen LogP contribution in [-0.4, -0.2) is 49.7 Å². The number of nitrogens with zero attached hydrogens (tertiary/aromatic N) is 1. The summed E-state index contributed by atoms with van der Waals surface area (Å²) in [6, 6.07) is 0.576. The molecule has 1 amide bonds. The second-order valence-corrected chi connectivity index (χ2v) is 4.68. The van der Waals surface area contributed by atoms with E-state index in [0.717, 1.165) is 39.1 Å². The number of hydrogen-bond acceptors (Lipinski definition) is 3. The van der Waals surface area contributed by atoms with Crippen LogP contribution in [0.5, 0.6) is 0 Å².